The highest BCUT2D eigenvalue weighted by Gasteiger charge is 2.27. The Kier molecular flexibility index (Phi) is 4.03. The number of fused-ring (bicyclic) bond motifs is 3. The SMILES string of the molecule is Cc1cc(=O)oc2c1c(O)cc1oc(C(=O)c3ccccc3)c(-c3ccccc3)c12. The maximum atomic E-state index is 13.3. The van der Waals surface area contributed by atoms with E-state index in [1.54, 1.807) is 31.2 Å². The molecule has 0 aliphatic heterocycles. The molecule has 5 rings (SSSR count). The number of rotatable bonds is 3. The van der Waals surface area contributed by atoms with Crippen molar-refractivity contribution in [3.63, 3.8) is 0 Å². The van der Waals surface area contributed by atoms with Crippen LogP contribution in [0.2, 0.25) is 0 Å². The van der Waals surface area contributed by atoms with Crippen molar-refractivity contribution < 1.29 is 18.7 Å². The van der Waals surface area contributed by atoms with Gasteiger partial charge < -0.3 is 13.9 Å². The molecule has 0 atom stereocenters. The van der Waals surface area contributed by atoms with Gasteiger partial charge in [0, 0.05) is 23.3 Å². The highest BCUT2D eigenvalue weighted by Crippen LogP contribution is 2.43. The molecule has 0 saturated heterocycles. The van der Waals surface area contributed by atoms with Crippen LogP contribution >= 0.6 is 0 Å². The Hall–Kier alpha value is -4.12. The maximum Gasteiger partial charge on any atom is 0.336 e. The zero-order chi connectivity index (χ0) is 20.8. The summed E-state index contributed by atoms with van der Waals surface area (Å²) in [5.41, 5.74) is 2.25. The molecule has 0 spiro atoms. The number of phenols is 1. The third-order valence-electron chi connectivity index (χ3n) is 5.15. The first-order valence-electron chi connectivity index (χ1n) is 9.42. The molecule has 2 heterocycles. The van der Waals surface area contributed by atoms with E-state index in [0.717, 1.165) is 5.56 Å². The lowest BCUT2D eigenvalue weighted by Gasteiger charge is -2.06. The quantitative estimate of drug-likeness (QED) is 0.324. The molecule has 0 saturated carbocycles. The normalized spacial score (nSPS) is 11.2. The molecule has 0 aliphatic rings. The summed E-state index contributed by atoms with van der Waals surface area (Å²) in [5.74, 6) is -0.252. The number of carbonyl (C=O) groups is 1. The molecule has 0 amide bonds. The summed E-state index contributed by atoms with van der Waals surface area (Å²) < 4.78 is 11.5. The average molecular weight is 396 g/mol. The molecule has 3 aromatic carbocycles. The minimum atomic E-state index is -0.539. The van der Waals surface area contributed by atoms with Gasteiger partial charge in [-0.25, -0.2) is 4.79 Å². The number of aryl methyl sites for hydroxylation is 1. The van der Waals surface area contributed by atoms with Crippen molar-refractivity contribution in [2.45, 2.75) is 6.92 Å². The van der Waals surface area contributed by atoms with Crippen LogP contribution < -0.4 is 5.63 Å². The molecule has 0 aliphatic carbocycles. The number of aromatic hydroxyl groups is 1. The van der Waals surface area contributed by atoms with Crippen LogP contribution in [-0.4, -0.2) is 10.9 Å². The molecular weight excluding hydrogens is 380 g/mol. The van der Waals surface area contributed by atoms with Gasteiger partial charge in [0.05, 0.1) is 10.8 Å². The minimum Gasteiger partial charge on any atom is -0.507 e. The van der Waals surface area contributed by atoms with Crippen LogP contribution in [0.15, 0.2) is 86.4 Å². The van der Waals surface area contributed by atoms with Gasteiger partial charge in [-0.2, -0.15) is 0 Å². The molecule has 0 bridgehead atoms. The van der Waals surface area contributed by atoms with Crippen LogP contribution in [0.5, 0.6) is 5.75 Å². The fraction of sp³-hybridized carbons (Fsp3) is 0.0400. The predicted molar refractivity (Wildman–Crippen MR) is 114 cm³/mol. The van der Waals surface area contributed by atoms with E-state index >= 15 is 0 Å². The first-order chi connectivity index (χ1) is 14.5. The molecule has 1 N–H and O–H groups in total. The predicted octanol–water partition coefficient (Wildman–Crippen LogP) is 5.45. The molecule has 146 valence electrons. The standard InChI is InChI=1S/C25H16O5/c1-14-12-19(27)30-24-20(14)17(26)13-18-22(24)21(15-8-4-2-5-9-15)25(29-18)23(28)16-10-6-3-7-11-16/h2-13,26H,1H3. The highest BCUT2D eigenvalue weighted by atomic mass is 16.4. The van der Waals surface area contributed by atoms with Crippen molar-refractivity contribution in [2.24, 2.45) is 0 Å². The minimum absolute atomic E-state index is 0.0779. The second-order valence-corrected chi connectivity index (χ2v) is 7.09. The Morgan fingerprint density at radius 1 is 0.867 bits per heavy atom. The fourth-order valence-electron chi connectivity index (χ4n) is 3.84. The average Bonchev–Trinajstić information content (AvgIpc) is 3.13. The third kappa shape index (κ3) is 2.71. The lowest BCUT2D eigenvalue weighted by Crippen LogP contribution is -2.01. The number of benzene rings is 3. The molecule has 5 heteroatoms. The van der Waals surface area contributed by atoms with Gasteiger partial charge >= 0.3 is 5.63 Å². The Balaban J connectivity index is 1.96. The summed E-state index contributed by atoms with van der Waals surface area (Å²) in [5, 5.41) is 11.5. The molecule has 5 aromatic rings. The maximum absolute atomic E-state index is 13.3. The van der Waals surface area contributed by atoms with Gasteiger partial charge in [0.15, 0.2) is 11.3 Å². The molecule has 2 aromatic heterocycles. The number of hydrogen-bond donors (Lipinski definition) is 1. The first-order valence-corrected chi connectivity index (χ1v) is 9.42. The van der Waals surface area contributed by atoms with Crippen LogP contribution in [0.25, 0.3) is 33.1 Å². The largest absolute Gasteiger partial charge is 0.507 e. The van der Waals surface area contributed by atoms with Gasteiger partial charge in [-0.3, -0.25) is 4.79 Å². The lowest BCUT2D eigenvalue weighted by molar-refractivity contribution is 0.101. The van der Waals surface area contributed by atoms with Crippen LogP contribution in [0, 0.1) is 6.92 Å². The number of hydrogen-bond acceptors (Lipinski definition) is 5. The zero-order valence-corrected chi connectivity index (χ0v) is 16.0. The molecule has 5 nitrogen and oxygen atoms in total. The van der Waals surface area contributed by atoms with Gasteiger partial charge in [0.25, 0.3) is 0 Å². The molecule has 0 unspecified atom stereocenters. The van der Waals surface area contributed by atoms with Gasteiger partial charge in [-0.15, -0.1) is 0 Å². The van der Waals surface area contributed by atoms with Gasteiger partial charge in [-0.05, 0) is 18.1 Å². The van der Waals surface area contributed by atoms with Gasteiger partial charge in [0.2, 0.25) is 5.78 Å². The van der Waals surface area contributed by atoms with E-state index < -0.39 is 5.63 Å². The van der Waals surface area contributed by atoms with E-state index in [2.05, 4.69) is 0 Å². The second-order valence-electron chi connectivity index (χ2n) is 7.09. The zero-order valence-electron chi connectivity index (χ0n) is 16.0. The van der Waals surface area contributed by atoms with Crippen molar-refractivity contribution in [1.82, 2.24) is 0 Å². The van der Waals surface area contributed by atoms with Gasteiger partial charge in [-0.1, -0.05) is 60.7 Å². The molecule has 0 fully saturated rings. The summed E-state index contributed by atoms with van der Waals surface area (Å²) in [6.45, 7) is 1.73. The molecule has 0 radical (unpaired) electrons. The van der Waals surface area contributed by atoms with Crippen LogP contribution in [0.4, 0.5) is 0 Å². The van der Waals surface area contributed by atoms with E-state index in [4.69, 9.17) is 8.83 Å². The Bertz CT molecular complexity index is 1480. The van der Waals surface area contributed by atoms with E-state index in [-0.39, 0.29) is 28.5 Å². The smallest absolute Gasteiger partial charge is 0.336 e. The number of ketones is 1. The number of carbonyl (C=O) groups excluding carboxylic acids is 1. The van der Waals surface area contributed by atoms with Crippen LogP contribution in [0.1, 0.15) is 21.7 Å². The van der Waals surface area contributed by atoms with Crippen molar-refractivity contribution in [3.8, 4) is 16.9 Å². The first kappa shape index (κ1) is 17.9. The summed E-state index contributed by atoms with van der Waals surface area (Å²) >= 11 is 0. The Labute approximate surface area is 170 Å². The monoisotopic (exact) mass is 396 g/mol. The van der Waals surface area contributed by atoms with Crippen LogP contribution in [-0.2, 0) is 0 Å². The Morgan fingerprint density at radius 2 is 1.53 bits per heavy atom. The lowest BCUT2D eigenvalue weighted by atomic mass is 9.96. The highest BCUT2D eigenvalue weighted by molar-refractivity contribution is 6.21. The van der Waals surface area contributed by atoms with E-state index in [0.29, 0.717) is 27.5 Å². The van der Waals surface area contributed by atoms with Crippen molar-refractivity contribution in [1.29, 1.82) is 0 Å². The third-order valence-corrected chi connectivity index (χ3v) is 5.15. The van der Waals surface area contributed by atoms with Gasteiger partial charge in [0.1, 0.15) is 11.3 Å². The summed E-state index contributed by atoms with van der Waals surface area (Å²) in [6, 6.07) is 20.9. The van der Waals surface area contributed by atoms with Crippen molar-refractivity contribution in [3.05, 3.63) is 100 Å². The number of furan rings is 1. The van der Waals surface area contributed by atoms with E-state index in [1.165, 1.54) is 12.1 Å². The summed E-state index contributed by atoms with van der Waals surface area (Å²) in [4.78, 5) is 25.4. The molecule has 30 heavy (non-hydrogen) atoms. The Morgan fingerprint density at radius 3 is 2.23 bits per heavy atom. The summed E-state index contributed by atoms with van der Waals surface area (Å²) in [6.07, 6.45) is 0. The second kappa shape index (κ2) is 6.74. The van der Waals surface area contributed by atoms with E-state index in [9.17, 15) is 14.7 Å². The topological polar surface area (TPSA) is 80.7 Å². The van der Waals surface area contributed by atoms with Crippen molar-refractivity contribution in [2.75, 3.05) is 0 Å². The summed E-state index contributed by atoms with van der Waals surface area (Å²) in [7, 11) is 0. The van der Waals surface area contributed by atoms with E-state index in [1.807, 2.05) is 36.4 Å². The number of phenolic OH excluding ortho intramolecular Hbond substituents is 1. The van der Waals surface area contributed by atoms with Crippen molar-refractivity contribution >= 4 is 27.7 Å². The molecular formula is C25H16O5. The fourth-order valence-corrected chi connectivity index (χ4v) is 3.84. The van der Waals surface area contributed by atoms with Crippen LogP contribution in [0.3, 0.4) is 0 Å².